The average Bonchev–Trinajstić information content (AvgIpc) is 2.72. The number of esters is 1. The monoisotopic (exact) mass is 229 g/mol. The Morgan fingerprint density at radius 2 is 1.94 bits per heavy atom. The molecule has 16 heavy (non-hydrogen) atoms. The van der Waals surface area contributed by atoms with Gasteiger partial charge in [0.1, 0.15) is 5.60 Å². The highest BCUT2D eigenvalue weighted by molar-refractivity contribution is 5.80. The van der Waals surface area contributed by atoms with Gasteiger partial charge in [0.25, 0.3) is 0 Å². The lowest BCUT2D eigenvalue weighted by Gasteiger charge is -2.22. The van der Waals surface area contributed by atoms with Gasteiger partial charge in [0.05, 0.1) is 18.6 Å². The fraction of sp³-hybridized carbons (Fsp3) is 0.818. The van der Waals surface area contributed by atoms with Crippen molar-refractivity contribution in [3.05, 3.63) is 0 Å². The summed E-state index contributed by atoms with van der Waals surface area (Å²) in [6.45, 7) is 7.18. The number of rotatable bonds is 2. The van der Waals surface area contributed by atoms with E-state index in [1.807, 2.05) is 0 Å². The zero-order valence-electron chi connectivity index (χ0n) is 10.4. The van der Waals surface area contributed by atoms with Gasteiger partial charge >= 0.3 is 12.1 Å². The highest BCUT2D eigenvalue weighted by Gasteiger charge is 2.57. The summed E-state index contributed by atoms with van der Waals surface area (Å²) in [4.78, 5) is 22.7. The van der Waals surface area contributed by atoms with Gasteiger partial charge in [-0.3, -0.25) is 4.79 Å². The molecule has 0 spiro atoms. The molecule has 0 aromatic carbocycles. The second-order valence-electron chi connectivity index (χ2n) is 5.32. The minimum absolute atomic E-state index is 0.259. The zero-order chi connectivity index (χ0) is 12.6. The predicted octanol–water partition coefficient (Wildman–Crippen LogP) is 1.46. The topological polar surface area (TPSA) is 64.6 Å². The Kier molecular flexibility index (Phi) is 3.17. The molecule has 5 nitrogen and oxygen atoms in total. The molecule has 92 valence electrons. The summed E-state index contributed by atoms with van der Waals surface area (Å²) in [6, 6.07) is 0. The Morgan fingerprint density at radius 3 is 2.38 bits per heavy atom. The maximum Gasteiger partial charge on any atom is 0.408 e. The van der Waals surface area contributed by atoms with Gasteiger partial charge in [-0.05, 0) is 34.1 Å². The van der Waals surface area contributed by atoms with Gasteiger partial charge in [-0.25, -0.2) is 4.79 Å². The van der Waals surface area contributed by atoms with E-state index in [-0.39, 0.29) is 11.9 Å². The maximum atomic E-state index is 11.5. The number of hydrogen-bond donors (Lipinski definition) is 1. The Hall–Kier alpha value is -1.26. The molecule has 1 saturated carbocycles. The van der Waals surface area contributed by atoms with Gasteiger partial charge in [-0.1, -0.05) is 0 Å². The second-order valence-corrected chi connectivity index (χ2v) is 5.32. The molecule has 0 bridgehead atoms. The number of ether oxygens (including phenoxy) is 2. The van der Waals surface area contributed by atoms with E-state index in [2.05, 4.69) is 10.1 Å². The summed E-state index contributed by atoms with van der Waals surface area (Å²) >= 11 is 0. The standard InChI is InChI=1S/C11H19NO4/c1-10(2,3)16-9(14)12-11(4)6-7(11)8(13)15-5/h7H,6H2,1-5H3,(H,12,14)/t7-,11-/m0/s1. The van der Waals surface area contributed by atoms with Crippen LogP contribution in [0.15, 0.2) is 0 Å². The first-order chi connectivity index (χ1) is 7.18. The minimum Gasteiger partial charge on any atom is -0.469 e. The molecule has 2 atom stereocenters. The fourth-order valence-electron chi connectivity index (χ4n) is 1.53. The van der Waals surface area contributed by atoms with E-state index in [0.29, 0.717) is 6.42 Å². The van der Waals surface area contributed by atoms with E-state index in [4.69, 9.17) is 4.74 Å². The van der Waals surface area contributed by atoms with Crippen molar-refractivity contribution in [2.24, 2.45) is 5.92 Å². The Labute approximate surface area is 95.5 Å². The molecule has 0 aliphatic heterocycles. The van der Waals surface area contributed by atoms with Gasteiger partial charge in [0.15, 0.2) is 0 Å². The smallest absolute Gasteiger partial charge is 0.408 e. The molecule has 0 aromatic heterocycles. The van der Waals surface area contributed by atoms with Gasteiger partial charge < -0.3 is 14.8 Å². The van der Waals surface area contributed by atoms with Crippen LogP contribution in [0.4, 0.5) is 4.79 Å². The number of methoxy groups -OCH3 is 1. The molecule has 0 heterocycles. The number of carbonyl (C=O) groups is 2. The first-order valence-corrected chi connectivity index (χ1v) is 5.27. The van der Waals surface area contributed by atoms with Gasteiger partial charge in [0.2, 0.25) is 0 Å². The van der Waals surface area contributed by atoms with Crippen LogP contribution in [-0.4, -0.2) is 30.3 Å². The lowest BCUT2D eigenvalue weighted by Crippen LogP contribution is -2.41. The number of amides is 1. The van der Waals surface area contributed by atoms with Crippen molar-refractivity contribution in [3.63, 3.8) is 0 Å². The highest BCUT2D eigenvalue weighted by Crippen LogP contribution is 2.43. The van der Waals surface area contributed by atoms with Crippen LogP contribution in [0.2, 0.25) is 0 Å². The van der Waals surface area contributed by atoms with E-state index in [1.165, 1.54) is 7.11 Å². The summed E-state index contributed by atoms with van der Waals surface area (Å²) in [5, 5.41) is 2.69. The van der Waals surface area contributed by atoms with Gasteiger partial charge in [0, 0.05) is 0 Å². The highest BCUT2D eigenvalue weighted by atomic mass is 16.6. The zero-order valence-corrected chi connectivity index (χ0v) is 10.4. The van der Waals surface area contributed by atoms with Crippen LogP contribution < -0.4 is 5.32 Å². The van der Waals surface area contributed by atoms with Crippen molar-refractivity contribution in [2.75, 3.05) is 7.11 Å². The molecule has 5 heteroatoms. The number of nitrogens with one attached hydrogen (secondary N) is 1. The van der Waals surface area contributed by atoms with Crippen molar-refractivity contribution in [1.29, 1.82) is 0 Å². The van der Waals surface area contributed by atoms with Crippen molar-refractivity contribution in [1.82, 2.24) is 5.32 Å². The fourth-order valence-corrected chi connectivity index (χ4v) is 1.53. The van der Waals surface area contributed by atoms with Crippen LogP contribution in [0.1, 0.15) is 34.1 Å². The minimum atomic E-state index is -0.532. The van der Waals surface area contributed by atoms with Crippen LogP contribution >= 0.6 is 0 Å². The Bertz CT molecular complexity index is 308. The van der Waals surface area contributed by atoms with Gasteiger partial charge in [-0.15, -0.1) is 0 Å². The summed E-state index contributed by atoms with van der Waals surface area (Å²) in [5.74, 6) is -0.552. The van der Waals surface area contributed by atoms with Crippen molar-refractivity contribution in [3.8, 4) is 0 Å². The molecular formula is C11H19NO4. The van der Waals surface area contributed by atoms with E-state index < -0.39 is 17.2 Å². The summed E-state index contributed by atoms with van der Waals surface area (Å²) in [7, 11) is 1.34. The van der Waals surface area contributed by atoms with Crippen LogP contribution in [0.5, 0.6) is 0 Å². The second kappa shape index (κ2) is 3.96. The molecule has 1 rings (SSSR count). The van der Waals surface area contributed by atoms with E-state index in [0.717, 1.165) is 0 Å². The molecular weight excluding hydrogens is 210 g/mol. The Balaban J connectivity index is 2.45. The lowest BCUT2D eigenvalue weighted by atomic mass is 10.2. The third-order valence-corrected chi connectivity index (χ3v) is 2.51. The SMILES string of the molecule is COC(=O)[C@@H]1C[C@]1(C)NC(=O)OC(C)(C)C. The molecule has 1 aliphatic carbocycles. The summed E-state index contributed by atoms with van der Waals surface area (Å²) < 4.78 is 9.73. The molecule has 1 fully saturated rings. The number of hydrogen-bond acceptors (Lipinski definition) is 4. The first-order valence-electron chi connectivity index (χ1n) is 5.27. The number of carbonyl (C=O) groups excluding carboxylic acids is 2. The lowest BCUT2D eigenvalue weighted by molar-refractivity contribution is -0.142. The van der Waals surface area contributed by atoms with E-state index >= 15 is 0 Å². The third kappa shape index (κ3) is 3.12. The first kappa shape index (κ1) is 12.8. The average molecular weight is 229 g/mol. The molecule has 0 unspecified atom stereocenters. The molecule has 1 N–H and O–H groups in total. The predicted molar refractivity (Wildman–Crippen MR) is 57.9 cm³/mol. The maximum absolute atomic E-state index is 11.5. The van der Waals surface area contributed by atoms with Crippen LogP contribution in [-0.2, 0) is 14.3 Å². The van der Waals surface area contributed by atoms with Crippen molar-refractivity contribution in [2.45, 2.75) is 45.3 Å². The number of alkyl carbamates (subject to hydrolysis) is 1. The third-order valence-electron chi connectivity index (χ3n) is 2.51. The van der Waals surface area contributed by atoms with E-state index in [9.17, 15) is 9.59 Å². The quantitative estimate of drug-likeness (QED) is 0.728. The van der Waals surface area contributed by atoms with Crippen molar-refractivity contribution < 1.29 is 19.1 Å². The normalized spacial score (nSPS) is 28.2. The molecule has 0 saturated heterocycles. The molecule has 1 amide bonds. The molecule has 1 aliphatic rings. The van der Waals surface area contributed by atoms with Crippen LogP contribution in [0, 0.1) is 5.92 Å². The summed E-state index contributed by atoms with van der Waals surface area (Å²) in [5.41, 5.74) is -1.05. The molecule has 0 radical (unpaired) electrons. The van der Waals surface area contributed by atoms with Crippen LogP contribution in [0.25, 0.3) is 0 Å². The van der Waals surface area contributed by atoms with E-state index in [1.54, 1.807) is 27.7 Å². The summed E-state index contributed by atoms with van der Waals surface area (Å²) in [6.07, 6.45) is 0.0974. The Morgan fingerprint density at radius 1 is 1.38 bits per heavy atom. The van der Waals surface area contributed by atoms with Crippen LogP contribution in [0.3, 0.4) is 0 Å². The van der Waals surface area contributed by atoms with Gasteiger partial charge in [-0.2, -0.15) is 0 Å². The van der Waals surface area contributed by atoms with Crippen molar-refractivity contribution >= 4 is 12.1 Å². The molecule has 0 aromatic rings. The largest absolute Gasteiger partial charge is 0.469 e.